The number of Topliss-reactive ketones (excluding diaryl/α,β-unsaturated/α-hetero) is 1. The highest BCUT2D eigenvalue weighted by atomic mass is 35.5. The summed E-state index contributed by atoms with van der Waals surface area (Å²) in [5.74, 6) is -4.78. The number of carbonyl (C=O) groups excluding carboxylic acids is 2. The average molecular weight is 421 g/mol. The molecule has 2 fully saturated rings. The van der Waals surface area contributed by atoms with Gasteiger partial charge in [0, 0.05) is 50.9 Å². The fourth-order valence-corrected chi connectivity index (χ4v) is 3.93. The number of hydrogen-bond acceptors (Lipinski definition) is 4. The van der Waals surface area contributed by atoms with Crippen LogP contribution in [0.25, 0.3) is 0 Å². The molecule has 2 N–H and O–H groups in total. The lowest BCUT2D eigenvalue weighted by molar-refractivity contribution is -0.148. The van der Waals surface area contributed by atoms with Gasteiger partial charge in [0.1, 0.15) is 17.5 Å². The van der Waals surface area contributed by atoms with Crippen LogP contribution in [0.2, 0.25) is 0 Å². The lowest BCUT2D eigenvalue weighted by Gasteiger charge is -2.41. The average Bonchev–Trinajstić information content (AvgIpc) is 2.67. The van der Waals surface area contributed by atoms with Gasteiger partial charge in [-0.15, -0.1) is 12.4 Å². The molecular formula is C19H24ClF3N2O3. The maximum Gasteiger partial charge on any atom is 0.230 e. The number of benzene rings is 1. The van der Waals surface area contributed by atoms with Crippen LogP contribution in [0.1, 0.15) is 36.0 Å². The number of ether oxygens (including phenoxy) is 1. The van der Waals surface area contributed by atoms with Crippen LogP contribution in [-0.4, -0.2) is 49.4 Å². The highest BCUT2D eigenvalue weighted by molar-refractivity contribution is 5.98. The van der Waals surface area contributed by atoms with E-state index >= 15 is 0 Å². The predicted octanol–water partition coefficient (Wildman–Crippen LogP) is 2.70. The van der Waals surface area contributed by atoms with Gasteiger partial charge in [-0.1, -0.05) is 0 Å². The Hall–Kier alpha value is -1.64. The van der Waals surface area contributed by atoms with Gasteiger partial charge in [0.15, 0.2) is 5.78 Å². The Kier molecular flexibility index (Phi) is 7.47. The van der Waals surface area contributed by atoms with Gasteiger partial charge in [-0.25, -0.2) is 13.2 Å². The third-order valence-electron chi connectivity index (χ3n) is 5.70. The van der Waals surface area contributed by atoms with Gasteiger partial charge in [0.05, 0.1) is 11.0 Å². The maximum atomic E-state index is 13.9. The van der Waals surface area contributed by atoms with E-state index in [1.165, 1.54) is 0 Å². The zero-order chi connectivity index (χ0) is 19.6. The summed E-state index contributed by atoms with van der Waals surface area (Å²) in [4.78, 5) is 27.1. The minimum absolute atomic E-state index is 0. The molecule has 0 bridgehead atoms. The highest BCUT2D eigenvalue weighted by Gasteiger charge is 2.42. The van der Waals surface area contributed by atoms with Gasteiger partial charge in [-0.05, 0) is 25.7 Å². The molecule has 0 atom stereocenters. The third-order valence-corrected chi connectivity index (χ3v) is 5.70. The Balaban J connectivity index is 0.00000280. The molecule has 28 heavy (non-hydrogen) atoms. The molecule has 9 heteroatoms. The molecule has 0 saturated carbocycles. The maximum absolute atomic E-state index is 13.9. The summed E-state index contributed by atoms with van der Waals surface area (Å²) in [5, 5.41) is 0. The normalized spacial score (nSPS) is 19.8. The van der Waals surface area contributed by atoms with Gasteiger partial charge in [0.25, 0.3) is 0 Å². The predicted molar refractivity (Wildman–Crippen MR) is 98.7 cm³/mol. The lowest BCUT2D eigenvalue weighted by Crippen LogP contribution is -2.53. The van der Waals surface area contributed by atoms with Crippen molar-refractivity contribution in [2.45, 2.75) is 25.7 Å². The summed E-state index contributed by atoms with van der Waals surface area (Å²) in [7, 11) is 0. The van der Waals surface area contributed by atoms with Crippen LogP contribution in [0.5, 0.6) is 0 Å². The van der Waals surface area contributed by atoms with Crippen LogP contribution in [-0.2, 0) is 9.53 Å². The molecule has 2 aliphatic heterocycles. The number of carbonyl (C=O) groups is 2. The first-order valence-corrected chi connectivity index (χ1v) is 9.14. The number of rotatable bonds is 4. The van der Waals surface area contributed by atoms with E-state index in [1.807, 2.05) is 0 Å². The molecule has 2 heterocycles. The minimum atomic E-state index is -1.19. The second kappa shape index (κ2) is 9.24. The van der Waals surface area contributed by atoms with Crippen LogP contribution in [0.3, 0.4) is 0 Å². The zero-order valence-electron chi connectivity index (χ0n) is 15.4. The lowest BCUT2D eigenvalue weighted by atomic mass is 9.78. The smallest absolute Gasteiger partial charge is 0.230 e. The van der Waals surface area contributed by atoms with E-state index in [9.17, 15) is 22.8 Å². The molecule has 156 valence electrons. The second-order valence-electron chi connectivity index (χ2n) is 7.27. The molecule has 0 aromatic heterocycles. The molecule has 1 aromatic rings. The molecule has 1 aromatic carbocycles. The van der Waals surface area contributed by atoms with E-state index in [2.05, 4.69) is 0 Å². The number of ketones is 1. The van der Waals surface area contributed by atoms with E-state index in [4.69, 9.17) is 10.5 Å². The van der Waals surface area contributed by atoms with Crippen LogP contribution in [0.15, 0.2) is 12.1 Å². The Morgan fingerprint density at radius 1 is 1.11 bits per heavy atom. The Labute approximate surface area is 167 Å². The Morgan fingerprint density at radius 2 is 1.64 bits per heavy atom. The van der Waals surface area contributed by atoms with Crippen LogP contribution < -0.4 is 5.73 Å². The van der Waals surface area contributed by atoms with Crippen molar-refractivity contribution in [1.29, 1.82) is 0 Å². The molecule has 0 unspecified atom stereocenters. The SMILES string of the molecule is Cl.NCC1(C(=O)N2CCC(C(=O)c3c(F)cc(F)cc3F)CC2)CCOCC1. The van der Waals surface area contributed by atoms with Crippen molar-refractivity contribution in [1.82, 2.24) is 4.90 Å². The summed E-state index contributed by atoms with van der Waals surface area (Å²) in [5.41, 5.74) is 4.53. The monoisotopic (exact) mass is 420 g/mol. The minimum Gasteiger partial charge on any atom is -0.381 e. The van der Waals surface area contributed by atoms with Crippen molar-refractivity contribution in [2.75, 3.05) is 32.8 Å². The molecule has 5 nitrogen and oxygen atoms in total. The van der Waals surface area contributed by atoms with Crippen molar-refractivity contribution < 1.29 is 27.5 Å². The third kappa shape index (κ3) is 4.34. The van der Waals surface area contributed by atoms with Crippen molar-refractivity contribution in [3.8, 4) is 0 Å². The van der Waals surface area contributed by atoms with Crippen molar-refractivity contribution in [3.05, 3.63) is 35.1 Å². The summed E-state index contributed by atoms with van der Waals surface area (Å²) in [6.45, 7) is 1.85. The largest absolute Gasteiger partial charge is 0.381 e. The first-order chi connectivity index (χ1) is 12.9. The molecule has 0 radical (unpaired) electrons. The highest BCUT2D eigenvalue weighted by Crippen LogP contribution is 2.34. The standard InChI is InChI=1S/C19H23F3N2O3.ClH/c20-13-9-14(21)16(15(22)10-13)17(25)12-1-5-24(6-2-12)18(26)19(11-23)3-7-27-8-4-19;/h9-10,12H,1-8,11,23H2;1H. The summed E-state index contributed by atoms with van der Waals surface area (Å²) >= 11 is 0. The number of halogens is 4. The van der Waals surface area contributed by atoms with Gasteiger partial charge < -0.3 is 15.4 Å². The first-order valence-electron chi connectivity index (χ1n) is 9.14. The summed E-state index contributed by atoms with van der Waals surface area (Å²) in [6, 6.07) is 1.01. The number of hydrogen-bond donors (Lipinski definition) is 1. The molecule has 2 saturated heterocycles. The Morgan fingerprint density at radius 3 is 2.14 bits per heavy atom. The zero-order valence-corrected chi connectivity index (χ0v) is 16.2. The molecule has 3 rings (SSSR count). The fraction of sp³-hybridized carbons (Fsp3) is 0.579. The van der Waals surface area contributed by atoms with E-state index < -0.39 is 40.1 Å². The van der Waals surface area contributed by atoms with Gasteiger partial charge in [-0.2, -0.15) is 0 Å². The summed E-state index contributed by atoms with van der Waals surface area (Å²) < 4.78 is 46.1. The van der Waals surface area contributed by atoms with E-state index in [-0.39, 0.29) is 24.9 Å². The van der Waals surface area contributed by atoms with Gasteiger partial charge in [0.2, 0.25) is 5.91 Å². The molecule has 0 aliphatic carbocycles. The van der Waals surface area contributed by atoms with E-state index in [1.54, 1.807) is 4.90 Å². The number of nitrogens with two attached hydrogens (primary N) is 1. The Bertz CT molecular complexity index is 710. The number of likely N-dealkylation sites (tertiary alicyclic amines) is 1. The van der Waals surface area contributed by atoms with Crippen LogP contribution >= 0.6 is 12.4 Å². The van der Waals surface area contributed by atoms with Crippen molar-refractivity contribution >= 4 is 24.1 Å². The molecule has 1 amide bonds. The summed E-state index contributed by atoms with van der Waals surface area (Å²) in [6.07, 6.45) is 1.73. The molecule has 0 spiro atoms. The number of amides is 1. The number of nitrogens with zero attached hydrogens (tertiary/aromatic N) is 1. The van der Waals surface area contributed by atoms with E-state index in [0.717, 1.165) is 0 Å². The number of piperidine rings is 1. The van der Waals surface area contributed by atoms with Crippen molar-refractivity contribution in [2.24, 2.45) is 17.1 Å². The van der Waals surface area contributed by atoms with Gasteiger partial charge >= 0.3 is 0 Å². The first kappa shape index (κ1) is 22.6. The molecular weight excluding hydrogens is 397 g/mol. The van der Waals surface area contributed by atoms with Crippen LogP contribution in [0, 0.1) is 28.8 Å². The topological polar surface area (TPSA) is 72.6 Å². The quantitative estimate of drug-likeness (QED) is 0.760. The van der Waals surface area contributed by atoms with Crippen molar-refractivity contribution in [3.63, 3.8) is 0 Å². The molecule has 2 aliphatic rings. The van der Waals surface area contributed by atoms with E-state index in [0.29, 0.717) is 64.1 Å². The van der Waals surface area contributed by atoms with Crippen LogP contribution in [0.4, 0.5) is 13.2 Å². The van der Waals surface area contributed by atoms with Gasteiger partial charge in [-0.3, -0.25) is 9.59 Å². The fourth-order valence-electron chi connectivity index (χ4n) is 3.93. The second-order valence-corrected chi connectivity index (χ2v) is 7.27.